The van der Waals surface area contributed by atoms with Gasteiger partial charge in [0.1, 0.15) is 5.76 Å². The van der Waals surface area contributed by atoms with E-state index in [2.05, 4.69) is 4.98 Å². The third-order valence-electron chi connectivity index (χ3n) is 5.30. The van der Waals surface area contributed by atoms with E-state index in [1.165, 1.54) is 36.4 Å². The Morgan fingerprint density at radius 3 is 2.45 bits per heavy atom. The highest BCUT2D eigenvalue weighted by atomic mass is 16.5. The Kier molecular flexibility index (Phi) is 6.91. The van der Waals surface area contributed by atoms with Crippen LogP contribution < -0.4 is 14.4 Å². The van der Waals surface area contributed by atoms with Gasteiger partial charge in [0.2, 0.25) is 0 Å². The summed E-state index contributed by atoms with van der Waals surface area (Å²) in [5.74, 6) is -0.704. The number of hydrogen-bond donors (Lipinski definition) is 2. The summed E-state index contributed by atoms with van der Waals surface area (Å²) < 4.78 is 11.0. The van der Waals surface area contributed by atoms with Crippen molar-refractivity contribution in [1.82, 2.24) is 9.88 Å². The zero-order valence-corrected chi connectivity index (χ0v) is 18.2. The van der Waals surface area contributed by atoms with Crippen LogP contribution in [0.15, 0.2) is 48.3 Å². The number of methoxy groups -OCH3 is 2. The van der Waals surface area contributed by atoms with E-state index in [4.69, 9.17) is 9.47 Å². The highest BCUT2D eigenvalue weighted by Gasteiger charge is 2.47. The topological polar surface area (TPSA) is 93.4 Å². The summed E-state index contributed by atoms with van der Waals surface area (Å²) in [7, 11) is 7.08. The van der Waals surface area contributed by atoms with E-state index >= 15 is 0 Å². The Balaban J connectivity index is 2.18. The number of Topliss-reactive ketones (excluding diaryl/α,β-unsaturated/α-hetero) is 1. The van der Waals surface area contributed by atoms with Crippen molar-refractivity contribution in [2.75, 3.05) is 41.4 Å². The number of aromatic nitrogens is 1. The van der Waals surface area contributed by atoms with Crippen LogP contribution in [0, 0.1) is 0 Å². The molecule has 1 fully saturated rings. The first-order chi connectivity index (χ1) is 14.9. The zero-order chi connectivity index (χ0) is 22.5. The Labute approximate surface area is 181 Å². The van der Waals surface area contributed by atoms with Gasteiger partial charge in [-0.05, 0) is 18.2 Å². The van der Waals surface area contributed by atoms with Gasteiger partial charge >= 0.3 is 0 Å². The first-order valence-electron chi connectivity index (χ1n) is 10.1. The van der Waals surface area contributed by atoms with Crippen LogP contribution in [0.2, 0.25) is 0 Å². The molecule has 2 N–H and O–H groups in total. The molecule has 8 heteroatoms. The molecule has 31 heavy (non-hydrogen) atoms. The van der Waals surface area contributed by atoms with E-state index in [1.807, 2.05) is 14.1 Å². The molecule has 8 nitrogen and oxygen atoms in total. The third kappa shape index (κ3) is 4.39. The number of hydrogen-bond acceptors (Lipinski definition) is 6. The molecule has 1 atom stereocenters. The summed E-state index contributed by atoms with van der Waals surface area (Å²) in [4.78, 5) is 32.8. The number of carbonyl (C=O) groups is 2. The fourth-order valence-corrected chi connectivity index (χ4v) is 3.83. The quantitative estimate of drug-likeness (QED) is 0.372. The Bertz CT molecular complexity index is 988. The van der Waals surface area contributed by atoms with Gasteiger partial charge in [-0.2, -0.15) is 0 Å². The maximum absolute atomic E-state index is 13.1. The molecule has 1 aliphatic rings. The molecule has 164 valence electrons. The number of para-hydroxylation sites is 1. The van der Waals surface area contributed by atoms with Crippen LogP contribution >= 0.6 is 0 Å². The minimum absolute atomic E-state index is 0.0277. The van der Waals surface area contributed by atoms with Crippen molar-refractivity contribution in [3.05, 3.63) is 59.4 Å². The number of likely N-dealkylation sites (tertiary alicyclic amines) is 1. The lowest BCUT2D eigenvalue weighted by molar-refractivity contribution is -0.858. The van der Waals surface area contributed by atoms with Gasteiger partial charge in [0.25, 0.3) is 11.7 Å². The van der Waals surface area contributed by atoms with Crippen LogP contribution in [0.4, 0.5) is 0 Å². The lowest BCUT2D eigenvalue weighted by atomic mass is 9.94. The first-order valence-corrected chi connectivity index (χ1v) is 10.1. The molecule has 0 radical (unpaired) electrons. The predicted molar refractivity (Wildman–Crippen MR) is 115 cm³/mol. The zero-order valence-electron chi connectivity index (χ0n) is 18.2. The molecule has 1 aromatic carbocycles. The Hall–Kier alpha value is -3.39. The van der Waals surface area contributed by atoms with Crippen molar-refractivity contribution in [2.24, 2.45) is 0 Å². The number of nitrogens with zero attached hydrogens (tertiary/aromatic N) is 2. The molecule has 2 aromatic rings. The molecule has 1 amide bonds. The van der Waals surface area contributed by atoms with Crippen molar-refractivity contribution < 1.29 is 29.1 Å². The number of pyridine rings is 1. The molecular weight excluding hydrogens is 398 g/mol. The molecule has 0 spiro atoms. The number of ether oxygens (including phenoxy) is 2. The third-order valence-corrected chi connectivity index (χ3v) is 5.30. The number of benzene rings is 1. The molecule has 2 heterocycles. The smallest absolute Gasteiger partial charge is 0.295 e. The maximum Gasteiger partial charge on any atom is 0.295 e. The van der Waals surface area contributed by atoms with Gasteiger partial charge in [-0.1, -0.05) is 12.1 Å². The Morgan fingerprint density at radius 2 is 1.84 bits per heavy atom. The second kappa shape index (κ2) is 9.61. The lowest BCUT2D eigenvalue weighted by Crippen LogP contribution is -3.05. The lowest BCUT2D eigenvalue weighted by Gasteiger charge is -2.27. The average molecular weight is 426 g/mol. The highest BCUT2D eigenvalue weighted by molar-refractivity contribution is 6.46. The van der Waals surface area contributed by atoms with Gasteiger partial charge in [0.15, 0.2) is 11.5 Å². The molecule has 0 aliphatic carbocycles. The van der Waals surface area contributed by atoms with Crippen LogP contribution in [0.1, 0.15) is 23.6 Å². The second-order valence-corrected chi connectivity index (χ2v) is 7.62. The minimum atomic E-state index is -0.796. The van der Waals surface area contributed by atoms with E-state index in [1.54, 1.807) is 30.3 Å². The van der Waals surface area contributed by atoms with Gasteiger partial charge < -0.3 is 24.4 Å². The average Bonchev–Trinajstić information content (AvgIpc) is 3.03. The van der Waals surface area contributed by atoms with Gasteiger partial charge in [0, 0.05) is 36.5 Å². The van der Waals surface area contributed by atoms with E-state index in [9.17, 15) is 14.7 Å². The minimum Gasteiger partial charge on any atom is -0.507 e. The molecule has 0 bridgehead atoms. The number of rotatable bonds is 8. The molecular formula is C23H28N3O5+. The van der Waals surface area contributed by atoms with Crippen LogP contribution in [0.25, 0.3) is 5.76 Å². The summed E-state index contributed by atoms with van der Waals surface area (Å²) in [6.45, 7) is 1.20. The fourth-order valence-electron chi connectivity index (χ4n) is 3.83. The van der Waals surface area contributed by atoms with E-state index in [-0.39, 0.29) is 11.3 Å². The number of aliphatic hydroxyl groups is 1. The Morgan fingerprint density at radius 1 is 1.13 bits per heavy atom. The van der Waals surface area contributed by atoms with Crippen LogP contribution in [0.3, 0.4) is 0 Å². The van der Waals surface area contributed by atoms with Crippen LogP contribution in [-0.4, -0.2) is 68.1 Å². The molecule has 0 saturated carbocycles. The number of aliphatic hydroxyl groups excluding tert-OH is 1. The number of amides is 1. The van der Waals surface area contributed by atoms with E-state index < -0.39 is 17.7 Å². The number of carbonyl (C=O) groups excluding carboxylic acids is 2. The van der Waals surface area contributed by atoms with Crippen molar-refractivity contribution in [2.45, 2.75) is 12.5 Å². The van der Waals surface area contributed by atoms with Gasteiger partial charge in [0.05, 0.1) is 46.5 Å². The SMILES string of the molecule is COc1cccc([C@@H]2C(=C(O)c3ccncc3)C(=O)C(=O)N2CCC[NH+](C)C)c1OC. The van der Waals surface area contributed by atoms with E-state index in [0.717, 1.165) is 6.54 Å². The summed E-state index contributed by atoms with van der Waals surface area (Å²) in [6.07, 6.45) is 3.74. The monoisotopic (exact) mass is 426 g/mol. The standard InChI is InChI=1S/C23H27N3O5/c1-25(2)13-6-14-26-19(16-7-5-8-17(30-3)22(16)31-4)18(21(28)23(26)29)20(27)15-9-11-24-12-10-15/h5,7-12,19,27H,6,13-14H2,1-4H3/p+1/t19-/m1/s1. The maximum atomic E-state index is 13.1. The van der Waals surface area contributed by atoms with Gasteiger partial charge in [-0.15, -0.1) is 0 Å². The van der Waals surface area contributed by atoms with Crippen molar-refractivity contribution in [1.29, 1.82) is 0 Å². The summed E-state index contributed by atoms with van der Waals surface area (Å²) >= 11 is 0. The summed E-state index contributed by atoms with van der Waals surface area (Å²) in [5, 5.41) is 11.0. The largest absolute Gasteiger partial charge is 0.507 e. The van der Waals surface area contributed by atoms with Crippen LogP contribution in [0.5, 0.6) is 11.5 Å². The second-order valence-electron chi connectivity index (χ2n) is 7.62. The van der Waals surface area contributed by atoms with Crippen LogP contribution in [-0.2, 0) is 9.59 Å². The fraction of sp³-hybridized carbons (Fsp3) is 0.348. The van der Waals surface area contributed by atoms with Gasteiger partial charge in [-0.3, -0.25) is 14.6 Å². The summed E-state index contributed by atoms with van der Waals surface area (Å²) in [5.41, 5.74) is 1.02. The summed E-state index contributed by atoms with van der Waals surface area (Å²) in [6, 6.07) is 7.69. The van der Waals surface area contributed by atoms with Gasteiger partial charge in [-0.25, -0.2) is 0 Å². The number of quaternary nitrogens is 1. The molecule has 3 rings (SSSR count). The molecule has 0 unspecified atom stereocenters. The number of ketones is 1. The predicted octanol–water partition coefficient (Wildman–Crippen LogP) is 1.06. The molecule has 1 aliphatic heterocycles. The molecule has 1 saturated heterocycles. The van der Waals surface area contributed by atoms with Crippen molar-refractivity contribution in [3.8, 4) is 11.5 Å². The molecule has 1 aromatic heterocycles. The number of nitrogens with one attached hydrogen (secondary N) is 1. The van der Waals surface area contributed by atoms with Crippen molar-refractivity contribution >= 4 is 17.4 Å². The van der Waals surface area contributed by atoms with E-state index in [0.29, 0.717) is 35.6 Å². The highest BCUT2D eigenvalue weighted by Crippen LogP contribution is 2.45. The first kappa shape index (κ1) is 22.3. The van der Waals surface area contributed by atoms with Crippen molar-refractivity contribution in [3.63, 3.8) is 0 Å². The normalized spacial score (nSPS) is 18.0.